The fourth-order valence-electron chi connectivity index (χ4n) is 6.80. The van der Waals surface area contributed by atoms with E-state index in [0.29, 0.717) is 6.10 Å². The van der Waals surface area contributed by atoms with Crippen molar-refractivity contribution >= 4 is 5.97 Å². The number of esters is 1. The van der Waals surface area contributed by atoms with Gasteiger partial charge in [0.15, 0.2) is 0 Å². The molecule has 0 N–H and O–H groups in total. The first-order chi connectivity index (χ1) is 12.6. The highest BCUT2D eigenvalue weighted by molar-refractivity contribution is 5.66. The zero-order valence-electron chi connectivity index (χ0n) is 17.6. The molecule has 5 aliphatic rings. The SMILES string of the molecule is C=C(C)C1(OC2CC3CC2C2C4CCC(C4)C32)CO1.CC(=O)OC(C)(C)C. The summed E-state index contributed by atoms with van der Waals surface area (Å²) in [5.41, 5.74) is 0.728. The molecule has 1 heterocycles. The molecular formula is C23H36O4. The number of carbonyl (C=O) groups excluding carboxylic acids is 1. The number of ether oxygens (including phenoxy) is 3. The number of fused-ring (bicyclic) bond motifs is 9. The first-order valence-corrected chi connectivity index (χ1v) is 10.8. The Morgan fingerprint density at radius 1 is 1.04 bits per heavy atom. The molecule has 0 spiro atoms. The number of rotatable bonds is 3. The van der Waals surface area contributed by atoms with Crippen LogP contribution in [-0.4, -0.2) is 30.1 Å². The van der Waals surface area contributed by atoms with Crippen molar-refractivity contribution in [2.75, 3.05) is 6.61 Å². The second-order valence-electron chi connectivity index (χ2n) is 10.6. The molecule has 1 aliphatic heterocycles. The largest absolute Gasteiger partial charge is 0.460 e. The summed E-state index contributed by atoms with van der Waals surface area (Å²) in [6.45, 7) is 13.8. The van der Waals surface area contributed by atoms with Crippen LogP contribution in [0.3, 0.4) is 0 Å². The summed E-state index contributed by atoms with van der Waals surface area (Å²) in [6, 6.07) is 0. The predicted molar refractivity (Wildman–Crippen MR) is 104 cm³/mol. The second kappa shape index (κ2) is 6.59. The molecule has 4 saturated carbocycles. The van der Waals surface area contributed by atoms with Crippen LogP contribution in [0, 0.1) is 35.5 Å². The lowest BCUT2D eigenvalue weighted by molar-refractivity contribution is -0.151. The van der Waals surface area contributed by atoms with E-state index >= 15 is 0 Å². The van der Waals surface area contributed by atoms with Gasteiger partial charge in [0.1, 0.15) is 12.2 Å². The third-order valence-corrected chi connectivity index (χ3v) is 7.52. The van der Waals surface area contributed by atoms with Gasteiger partial charge in [0.2, 0.25) is 5.79 Å². The smallest absolute Gasteiger partial charge is 0.303 e. The molecule has 152 valence electrons. The van der Waals surface area contributed by atoms with Crippen LogP contribution in [0.4, 0.5) is 0 Å². The van der Waals surface area contributed by atoms with Crippen LogP contribution >= 0.6 is 0 Å². The molecule has 5 fully saturated rings. The molecule has 0 aromatic carbocycles. The van der Waals surface area contributed by atoms with Crippen molar-refractivity contribution in [3.63, 3.8) is 0 Å². The molecule has 4 heteroatoms. The van der Waals surface area contributed by atoms with Crippen molar-refractivity contribution in [2.24, 2.45) is 35.5 Å². The van der Waals surface area contributed by atoms with E-state index in [1.54, 1.807) is 0 Å². The van der Waals surface area contributed by atoms with Gasteiger partial charge in [0.05, 0.1) is 6.10 Å². The van der Waals surface area contributed by atoms with Crippen molar-refractivity contribution in [3.8, 4) is 0 Å². The van der Waals surface area contributed by atoms with Crippen molar-refractivity contribution in [1.82, 2.24) is 0 Å². The molecule has 27 heavy (non-hydrogen) atoms. The summed E-state index contributed by atoms with van der Waals surface area (Å²) in [6.07, 6.45) is 7.78. The quantitative estimate of drug-likeness (QED) is 0.309. The van der Waals surface area contributed by atoms with E-state index in [1.807, 2.05) is 27.7 Å². The monoisotopic (exact) mass is 376 g/mol. The predicted octanol–water partition coefficient (Wildman–Crippen LogP) is 4.72. The molecular weight excluding hydrogens is 340 g/mol. The minimum absolute atomic E-state index is 0.225. The average Bonchev–Trinajstić information content (AvgIpc) is 2.94. The number of hydrogen-bond acceptors (Lipinski definition) is 4. The Bertz CT molecular complexity index is 614. The second-order valence-corrected chi connectivity index (χ2v) is 10.6. The minimum Gasteiger partial charge on any atom is -0.460 e. The summed E-state index contributed by atoms with van der Waals surface area (Å²) in [4.78, 5) is 10.2. The fourth-order valence-corrected chi connectivity index (χ4v) is 6.80. The van der Waals surface area contributed by atoms with Gasteiger partial charge in [0, 0.05) is 6.92 Å². The topological polar surface area (TPSA) is 48.1 Å². The van der Waals surface area contributed by atoms with Crippen molar-refractivity contribution in [3.05, 3.63) is 12.2 Å². The lowest BCUT2D eigenvalue weighted by Crippen LogP contribution is -2.39. The highest BCUT2D eigenvalue weighted by Gasteiger charge is 2.64. The fraction of sp³-hybridized carbons (Fsp3) is 0.870. The Morgan fingerprint density at radius 3 is 2.15 bits per heavy atom. The molecule has 1 saturated heterocycles. The van der Waals surface area contributed by atoms with Crippen LogP contribution in [-0.2, 0) is 19.0 Å². The zero-order valence-corrected chi connectivity index (χ0v) is 17.6. The van der Waals surface area contributed by atoms with Gasteiger partial charge in [-0.2, -0.15) is 0 Å². The number of epoxide rings is 1. The lowest BCUT2D eigenvalue weighted by Gasteiger charge is -2.39. The van der Waals surface area contributed by atoms with E-state index in [0.717, 1.165) is 47.7 Å². The van der Waals surface area contributed by atoms with Gasteiger partial charge in [-0.25, -0.2) is 0 Å². The molecule has 8 atom stereocenters. The number of hydrogen-bond donors (Lipinski definition) is 0. The highest BCUT2D eigenvalue weighted by atomic mass is 16.8. The summed E-state index contributed by atoms with van der Waals surface area (Å²) >= 11 is 0. The number of carbonyl (C=O) groups is 1. The van der Waals surface area contributed by atoms with Crippen LogP contribution in [0.5, 0.6) is 0 Å². The van der Waals surface area contributed by atoms with Crippen LogP contribution in [0.25, 0.3) is 0 Å². The molecule has 4 bridgehead atoms. The Morgan fingerprint density at radius 2 is 1.67 bits per heavy atom. The van der Waals surface area contributed by atoms with Gasteiger partial charge < -0.3 is 14.2 Å². The van der Waals surface area contributed by atoms with Gasteiger partial charge in [0.25, 0.3) is 0 Å². The van der Waals surface area contributed by atoms with E-state index < -0.39 is 0 Å². The van der Waals surface area contributed by atoms with Gasteiger partial charge in [-0.05, 0) is 101 Å². The normalized spacial score (nSPS) is 45.9. The maximum Gasteiger partial charge on any atom is 0.303 e. The molecule has 0 radical (unpaired) electrons. The average molecular weight is 377 g/mol. The van der Waals surface area contributed by atoms with Gasteiger partial charge >= 0.3 is 5.97 Å². The summed E-state index contributed by atoms with van der Waals surface area (Å²) < 4.78 is 16.8. The summed E-state index contributed by atoms with van der Waals surface area (Å²) in [5.74, 6) is 5.39. The molecule has 0 aromatic heterocycles. The molecule has 8 unspecified atom stereocenters. The maximum atomic E-state index is 10.2. The third kappa shape index (κ3) is 3.60. The summed E-state index contributed by atoms with van der Waals surface area (Å²) in [7, 11) is 0. The Hall–Kier alpha value is -0.870. The van der Waals surface area contributed by atoms with Crippen molar-refractivity contribution < 1.29 is 19.0 Å². The minimum atomic E-state index is -0.387. The van der Waals surface area contributed by atoms with Crippen LogP contribution in [0.15, 0.2) is 12.2 Å². The maximum absolute atomic E-state index is 10.2. The third-order valence-electron chi connectivity index (χ3n) is 7.52. The van der Waals surface area contributed by atoms with E-state index in [4.69, 9.17) is 14.2 Å². The van der Waals surface area contributed by atoms with E-state index in [2.05, 4.69) is 6.58 Å². The highest BCUT2D eigenvalue weighted by Crippen LogP contribution is 2.68. The van der Waals surface area contributed by atoms with Crippen molar-refractivity contribution in [2.45, 2.75) is 84.2 Å². The molecule has 0 aromatic rings. The van der Waals surface area contributed by atoms with Crippen LogP contribution in [0.1, 0.15) is 66.7 Å². The van der Waals surface area contributed by atoms with Crippen molar-refractivity contribution in [1.29, 1.82) is 0 Å². The Kier molecular flexibility index (Phi) is 4.74. The van der Waals surface area contributed by atoms with Crippen LogP contribution < -0.4 is 0 Å². The van der Waals surface area contributed by atoms with Gasteiger partial charge in [-0.15, -0.1) is 0 Å². The zero-order chi connectivity index (χ0) is 19.6. The standard InChI is InChI=1S/C17H24O2.C6H12O2/c1-9(2)17(8-18-17)19-14-7-12-6-13(14)16-11-4-3-10(5-11)15(12)16;1-5(7)8-6(2,3)4/h10-16H,1,3-8H2,2H3;1-4H3. The summed E-state index contributed by atoms with van der Waals surface area (Å²) in [5, 5.41) is 0. The van der Waals surface area contributed by atoms with E-state index in [1.165, 1.54) is 39.0 Å². The van der Waals surface area contributed by atoms with E-state index in [9.17, 15) is 4.79 Å². The van der Waals surface area contributed by atoms with Gasteiger partial charge in [-0.3, -0.25) is 4.79 Å². The lowest BCUT2D eigenvalue weighted by atomic mass is 9.70. The molecule has 0 amide bonds. The van der Waals surface area contributed by atoms with Crippen LogP contribution in [0.2, 0.25) is 0 Å². The first kappa shape index (κ1) is 19.4. The molecule has 4 nitrogen and oxygen atoms in total. The molecule has 5 rings (SSSR count). The molecule has 4 aliphatic carbocycles. The van der Waals surface area contributed by atoms with Gasteiger partial charge in [-0.1, -0.05) is 6.58 Å². The first-order valence-electron chi connectivity index (χ1n) is 10.8. The van der Waals surface area contributed by atoms with E-state index in [-0.39, 0.29) is 17.4 Å². The Labute approximate surface area is 164 Å². The Balaban J connectivity index is 0.000000195.